The van der Waals surface area contributed by atoms with Crippen LogP contribution in [0.15, 0.2) is 84.3 Å². The number of allylic oxidation sites excluding steroid dienone is 2. The molecular weight excluding hydrogens is 394 g/mol. The molecule has 0 spiro atoms. The second-order valence-corrected chi connectivity index (χ2v) is 9.73. The first-order chi connectivity index (χ1) is 14.4. The van der Waals surface area contributed by atoms with E-state index >= 15 is 0 Å². The first kappa shape index (κ1) is 22.2. The van der Waals surface area contributed by atoms with Crippen molar-refractivity contribution in [3.05, 3.63) is 90.5 Å². The zero-order valence-corrected chi connectivity index (χ0v) is 18.4. The van der Waals surface area contributed by atoms with E-state index in [1.807, 2.05) is 38.1 Å². The highest BCUT2D eigenvalue weighted by atomic mass is 32.2. The van der Waals surface area contributed by atoms with E-state index in [0.29, 0.717) is 18.7 Å². The van der Waals surface area contributed by atoms with E-state index in [1.165, 1.54) is 4.31 Å². The van der Waals surface area contributed by atoms with Crippen molar-refractivity contribution in [1.29, 1.82) is 0 Å². The molecule has 0 aliphatic carbocycles. The maximum absolute atomic E-state index is 13.3. The Kier molecular flexibility index (Phi) is 7.06. The van der Waals surface area contributed by atoms with E-state index in [0.717, 1.165) is 12.0 Å². The van der Waals surface area contributed by atoms with Crippen molar-refractivity contribution < 1.29 is 13.2 Å². The molecule has 1 fully saturated rings. The zero-order valence-electron chi connectivity index (χ0n) is 17.6. The smallest absolute Gasteiger partial charge is 0.243 e. The number of ketones is 1. The van der Waals surface area contributed by atoms with Crippen molar-refractivity contribution in [2.75, 3.05) is 13.1 Å². The summed E-state index contributed by atoms with van der Waals surface area (Å²) in [6, 6.07) is 16.1. The summed E-state index contributed by atoms with van der Waals surface area (Å²) in [6.45, 7) is 8.54. The van der Waals surface area contributed by atoms with Crippen LogP contribution in [0.4, 0.5) is 0 Å². The van der Waals surface area contributed by atoms with Gasteiger partial charge in [-0.2, -0.15) is 4.31 Å². The lowest BCUT2D eigenvalue weighted by atomic mass is 9.79. The van der Waals surface area contributed by atoms with Crippen LogP contribution in [-0.2, 0) is 10.0 Å². The van der Waals surface area contributed by atoms with Crippen molar-refractivity contribution in [2.45, 2.75) is 25.2 Å². The van der Waals surface area contributed by atoms with E-state index in [9.17, 15) is 13.2 Å². The van der Waals surface area contributed by atoms with Gasteiger partial charge in [-0.1, -0.05) is 73.2 Å². The van der Waals surface area contributed by atoms with Crippen LogP contribution in [0.1, 0.15) is 29.3 Å². The molecule has 3 rings (SSSR count). The summed E-state index contributed by atoms with van der Waals surface area (Å²) in [5.74, 6) is -0.656. The number of hydrogen-bond acceptors (Lipinski definition) is 3. The third-order valence-electron chi connectivity index (χ3n) is 5.73. The largest absolute Gasteiger partial charge is 0.294 e. The standard InChI is InChI=1S/C25H29NO3S/c1-4-6-10-21-17-26(30(28,29)22-15-13-19(3)14-16-22)18-24(21)23(5-2)25(27)20-11-8-7-9-12-20/h5-16,21,23-24H,2,4,17-18H2,1,3H3/b10-6+/t21-,23-,24-/m1/s1. The van der Waals surface area contributed by atoms with Gasteiger partial charge in [0.2, 0.25) is 10.0 Å². The molecule has 0 bridgehead atoms. The van der Waals surface area contributed by atoms with E-state index in [-0.39, 0.29) is 22.5 Å². The third kappa shape index (κ3) is 4.63. The Morgan fingerprint density at radius 3 is 2.40 bits per heavy atom. The summed E-state index contributed by atoms with van der Waals surface area (Å²) in [5.41, 5.74) is 1.64. The minimum Gasteiger partial charge on any atom is -0.294 e. The lowest BCUT2D eigenvalue weighted by Crippen LogP contribution is -2.31. The Labute approximate surface area is 180 Å². The van der Waals surface area contributed by atoms with Gasteiger partial charge < -0.3 is 0 Å². The Morgan fingerprint density at radius 2 is 1.80 bits per heavy atom. The predicted molar refractivity (Wildman–Crippen MR) is 121 cm³/mol. The second-order valence-electron chi connectivity index (χ2n) is 7.79. The first-order valence-corrected chi connectivity index (χ1v) is 11.8. The molecule has 4 nitrogen and oxygen atoms in total. The fraction of sp³-hybridized carbons (Fsp3) is 0.320. The molecule has 5 heteroatoms. The average molecular weight is 424 g/mol. The van der Waals surface area contributed by atoms with E-state index in [2.05, 4.69) is 12.7 Å². The van der Waals surface area contributed by atoms with Gasteiger partial charge in [0.15, 0.2) is 5.78 Å². The van der Waals surface area contributed by atoms with Crippen LogP contribution in [0, 0.1) is 24.7 Å². The maximum atomic E-state index is 13.3. The van der Waals surface area contributed by atoms with Crippen LogP contribution in [0.3, 0.4) is 0 Å². The molecule has 3 atom stereocenters. The number of benzene rings is 2. The lowest BCUT2D eigenvalue weighted by Gasteiger charge is -2.23. The Bertz CT molecular complexity index is 1010. The van der Waals surface area contributed by atoms with Gasteiger partial charge >= 0.3 is 0 Å². The predicted octanol–water partition coefficient (Wildman–Crippen LogP) is 4.88. The van der Waals surface area contributed by atoms with Gasteiger partial charge in [0, 0.05) is 24.6 Å². The molecule has 0 unspecified atom stereocenters. The quantitative estimate of drug-likeness (QED) is 0.449. The molecule has 0 amide bonds. The average Bonchev–Trinajstić information content (AvgIpc) is 3.18. The van der Waals surface area contributed by atoms with Gasteiger partial charge in [0.25, 0.3) is 0 Å². The number of rotatable bonds is 8. The van der Waals surface area contributed by atoms with E-state index < -0.39 is 15.9 Å². The molecule has 0 N–H and O–H groups in total. The molecule has 158 valence electrons. The van der Waals surface area contributed by atoms with Crippen molar-refractivity contribution in [1.82, 2.24) is 4.31 Å². The van der Waals surface area contributed by atoms with Gasteiger partial charge in [0.1, 0.15) is 0 Å². The number of carbonyl (C=O) groups excluding carboxylic acids is 1. The van der Waals surface area contributed by atoms with Gasteiger partial charge in [-0.3, -0.25) is 4.79 Å². The first-order valence-electron chi connectivity index (χ1n) is 10.3. The highest BCUT2D eigenvalue weighted by Crippen LogP contribution is 2.36. The Hall–Kier alpha value is -2.50. The molecule has 1 aliphatic rings. The van der Waals surface area contributed by atoms with Crippen LogP contribution in [0.25, 0.3) is 0 Å². The number of Topliss-reactive ketones (excluding diaryl/α,β-unsaturated/α-hetero) is 1. The maximum Gasteiger partial charge on any atom is 0.243 e. The van der Waals surface area contributed by atoms with E-state index in [1.54, 1.807) is 42.5 Å². The second kappa shape index (κ2) is 9.54. The lowest BCUT2D eigenvalue weighted by molar-refractivity contribution is 0.0903. The molecule has 30 heavy (non-hydrogen) atoms. The van der Waals surface area contributed by atoms with Gasteiger partial charge in [-0.05, 0) is 37.3 Å². The van der Waals surface area contributed by atoms with Crippen LogP contribution >= 0.6 is 0 Å². The van der Waals surface area contributed by atoms with Crippen LogP contribution in [0.2, 0.25) is 0 Å². The van der Waals surface area contributed by atoms with Crippen molar-refractivity contribution in [2.24, 2.45) is 17.8 Å². The summed E-state index contributed by atoms with van der Waals surface area (Å²) in [5, 5.41) is 0. The fourth-order valence-electron chi connectivity index (χ4n) is 4.04. The third-order valence-corrected chi connectivity index (χ3v) is 7.58. The molecule has 1 heterocycles. The summed E-state index contributed by atoms with van der Waals surface area (Å²) in [7, 11) is -3.62. The number of nitrogens with zero attached hydrogens (tertiary/aromatic N) is 1. The monoisotopic (exact) mass is 423 g/mol. The number of aryl methyl sites for hydroxylation is 1. The summed E-state index contributed by atoms with van der Waals surface area (Å²) < 4.78 is 28.0. The molecule has 2 aromatic rings. The molecule has 0 saturated carbocycles. The normalized spacial score (nSPS) is 21.0. The Morgan fingerprint density at radius 1 is 1.13 bits per heavy atom. The highest BCUT2D eigenvalue weighted by molar-refractivity contribution is 7.89. The van der Waals surface area contributed by atoms with E-state index in [4.69, 9.17) is 0 Å². The fourth-order valence-corrected chi connectivity index (χ4v) is 5.55. The molecule has 2 aromatic carbocycles. The number of carbonyl (C=O) groups is 1. The van der Waals surface area contributed by atoms with Gasteiger partial charge in [-0.25, -0.2) is 8.42 Å². The zero-order chi connectivity index (χ0) is 21.7. The number of hydrogen-bond donors (Lipinski definition) is 0. The minimum absolute atomic E-state index is 0.0138. The van der Waals surface area contributed by atoms with Crippen LogP contribution < -0.4 is 0 Å². The van der Waals surface area contributed by atoms with Crippen molar-refractivity contribution in [3.8, 4) is 0 Å². The Balaban J connectivity index is 1.92. The number of sulfonamides is 1. The molecule has 0 aromatic heterocycles. The van der Waals surface area contributed by atoms with Crippen LogP contribution in [0.5, 0.6) is 0 Å². The highest BCUT2D eigenvalue weighted by Gasteiger charge is 2.43. The molecule has 0 radical (unpaired) electrons. The molecular formula is C25H29NO3S. The topological polar surface area (TPSA) is 54.5 Å². The van der Waals surface area contributed by atoms with Crippen molar-refractivity contribution in [3.63, 3.8) is 0 Å². The van der Waals surface area contributed by atoms with Crippen molar-refractivity contribution >= 4 is 15.8 Å². The van der Waals surface area contributed by atoms with Gasteiger partial charge in [-0.15, -0.1) is 6.58 Å². The molecule has 1 aliphatic heterocycles. The SMILES string of the molecule is C=C[C@@H](C(=O)c1ccccc1)[C@@H]1CN(S(=O)(=O)c2ccc(C)cc2)C[C@H]1/C=C/CC. The van der Waals surface area contributed by atoms with Gasteiger partial charge in [0.05, 0.1) is 4.90 Å². The summed E-state index contributed by atoms with van der Waals surface area (Å²) >= 11 is 0. The minimum atomic E-state index is -3.62. The van der Waals surface area contributed by atoms with Crippen LogP contribution in [-0.4, -0.2) is 31.6 Å². The summed E-state index contributed by atoms with van der Waals surface area (Å²) in [4.78, 5) is 13.5. The molecule has 1 saturated heterocycles. The summed E-state index contributed by atoms with van der Waals surface area (Å²) in [6.07, 6.45) is 6.64.